The Hall–Kier alpha value is -2.34. The van der Waals surface area contributed by atoms with Crippen LogP contribution in [-0.4, -0.2) is 56.1 Å². The fourth-order valence-corrected chi connectivity index (χ4v) is 6.11. The van der Waals surface area contributed by atoms with Crippen molar-refractivity contribution in [1.29, 1.82) is 0 Å². The molecule has 0 radical (unpaired) electrons. The Morgan fingerprint density at radius 1 is 1.18 bits per heavy atom. The first-order valence-corrected chi connectivity index (χ1v) is 14.7. The third-order valence-electron chi connectivity index (χ3n) is 5.77. The molecule has 1 saturated heterocycles. The van der Waals surface area contributed by atoms with Crippen LogP contribution in [0.2, 0.25) is 10.0 Å². The van der Waals surface area contributed by atoms with E-state index in [1.807, 2.05) is 54.9 Å². The first-order valence-electron chi connectivity index (χ1n) is 12.3. The summed E-state index contributed by atoms with van der Waals surface area (Å²) in [6, 6.07) is 12.7. The first-order chi connectivity index (χ1) is 18.1. The van der Waals surface area contributed by atoms with Gasteiger partial charge in [-0.15, -0.1) is 0 Å². The number of hydrogen-bond acceptors (Lipinski definition) is 7. The summed E-state index contributed by atoms with van der Waals surface area (Å²) in [5, 5.41) is 4.18. The molecular formula is C26H32Cl2N4O5S. The van der Waals surface area contributed by atoms with Gasteiger partial charge in [0.2, 0.25) is 15.8 Å². The van der Waals surface area contributed by atoms with Gasteiger partial charge in [0.15, 0.2) is 0 Å². The summed E-state index contributed by atoms with van der Waals surface area (Å²) >= 11 is 12.6. The highest BCUT2D eigenvalue weighted by Crippen LogP contribution is 2.40. The van der Waals surface area contributed by atoms with Gasteiger partial charge < -0.3 is 24.1 Å². The van der Waals surface area contributed by atoms with Gasteiger partial charge in [-0.05, 0) is 42.3 Å². The molecule has 2 unspecified atom stereocenters. The molecule has 0 saturated carbocycles. The molecule has 0 amide bonds. The lowest BCUT2D eigenvalue weighted by Gasteiger charge is -2.30. The second-order valence-electron chi connectivity index (χ2n) is 9.49. The zero-order valence-electron chi connectivity index (χ0n) is 21.3. The molecule has 9 nitrogen and oxygen atoms in total. The van der Waals surface area contributed by atoms with Crippen LogP contribution in [0.5, 0.6) is 5.75 Å². The Morgan fingerprint density at radius 3 is 2.66 bits per heavy atom. The quantitative estimate of drug-likeness (QED) is 0.285. The van der Waals surface area contributed by atoms with Crippen LogP contribution < -0.4 is 14.8 Å². The molecular weight excluding hydrogens is 551 g/mol. The molecule has 38 heavy (non-hydrogen) atoms. The van der Waals surface area contributed by atoms with Gasteiger partial charge in [0.1, 0.15) is 18.5 Å². The maximum atomic E-state index is 11.9. The van der Waals surface area contributed by atoms with Crippen molar-refractivity contribution in [2.24, 2.45) is 5.92 Å². The van der Waals surface area contributed by atoms with Crippen molar-refractivity contribution in [3.8, 4) is 5.75 Å². The minimum atomic E-state index is -3.25. The monoisotopic (exact) mass is 582 g/mol. The molecule has 0 bridgehead atoms. The summed E-state index contributed by atoms with van der Waals surface area (Å²) in [7, 11) is -3.25. The van der Waals surface area contributed by atoms with Crippen LogP contribution in [0.3, 0.4) is 0 Å². The number of halogens is 2. The van der Waals surface area contributed by atoms with Crippen LogP contribution in [0.4, 0.5) is 5.69 Å². The van der Waals surface area contributed by atoms with Crippen molar-refractivity contribution in [3.05, 3.63) is 76.8 Å². The van der Waals surface area contributed by atoms with E-state index in [0.717, 1.165) is 5.69 Å². The second-order valence-corrected chi connectivity index (χ2v) is 12.2. The Morgan fingerprint density at radius 2 is 1.97 bits per heavy atom. The lowest BCUT2D eigenvalue weighted by Crippen LogP contribution is -2.34. The van der Waals surface area contributed by atoms with Gasteiger partial charge in [-0.25, -0.2) is 18.1 Å². The zero-order valence-corrected chi connectivity index (χ0v) is 23.6. The summed E-state index contributed by atoms with van der Waals surface area (Å²) in [5.41, 5.74) is 1.54. The highest BCUT2D eigenvalue weighted by atomic mass is 35.5. The standard InChI is InChI=1S/C26H32Cl2N4O5S/c1-19(2)16-38(33,34)31-10-9-30-21-4-6-22(7-5-21)35-14-23-15-36-26(37-23,17-32-12-11-29-18-32)24-8-3-20(27)13-25(24)28/h3-8,11-13,18-19,23,30-31H,9-10,14-17H2,1-2H3. The summed E-state index contributed by atoms with van der Waals surface area (Å²) in [6.45, 7) is 5.49. The van der Waals surface area contributed by atoms with Crippen LogP contribution in [0, 0.1) is 5.92 Å². The van der Waals surface area contributed by atoms with E-state index in [0.29, 0.717) is 47.6 Å². The SMILES string of the molecule is CC(C)CS(=O)(=O)NCCNc1ccc(OCC2COC(Cn3ccnc3)(c3ccc(Cl)cc3Cl)O2)cc1. The molecule has 12 heteroatoms. The van der Waals surface area contributed by atoms with E-state index >= 15 is 0 Å². The van der Waals surface area contributed by atoms with Gasteiger partial charge in [-0.1, -0.05) is 43.1 Å². The first kappa shape index (κ1) is 28.7. The number of nitrogens with one attached hydrogen (secondary N) is 2. The minimum Gasteiger partial charge on any atom is -0.491 e. The van der Waals surface area contributed by atoms with Crippen LogP contribution in [0.1, 0.15) is 19.4 Å². The number of imidazole rings is 1. The van der Waals surface area contributed by atoms with E-state index in [4.69, 9.17) is 37.4 Å². The number of sulfonamides is 1. The van der Waals surface area contributed by atoms with E-state index in [1.165, 1.54) is 0 Å². The van der Waals surface area contributed by atoms with Crippen molar-refractivity contribution in [2.75, 3.05) is 37.4 Å². The number of aromatic nitrogens is 2. The van der Waals surface area contributed by atoms with Crippen molar-refractivity contribution in [3.63, 3.8) is 0 Å². The van der Waals surface area contributed by atoms with Gasteiger partial charge in [0, 0.05) is 41.8 Å². The summed E-state index contributed by atoms with van der Waals surface area (Å²) in [5.74, 6) is -0.237. The van der Waals surface area contributed by atoms with Gasteiger partial charge in [0.25, 0.3) is 0 Å². The highest BCUT2D eigenvalue weighted by Gasteiger charge is 2.45. The molecule has 4 rings (SSSR count). The van der Waals surface area contributed by atoms with Gasteiger partial charge in [0.05, 0.1) is 30.3 Å². The molecule has 2 atom stereocenters. The predicted octanol–water partition coefficient (Wildman–Crippen LogP) is 4.52. The second kappa shape index (κ2) is 12.7. The molecule has 1 aliphatic heterocycles. The molecule has 0 spiro atoms. The number of nitrogens with zero attached hydrogens (tertiary/aromatic N) is 2. The summed E-state index contributed by atoms with van der Waals surface area (Å²) in [6.07, 6.45) is 4.88. The molecule has 2 N–H and O–H groups in total. The molecule has 1 aromatic heterocycles. The number of benzene rings is 2. The molecule has 3 aromatic rings. The van der Waals surface area contributed by atoms with Crippen molar-refractivity contribution >= 4 is 38.9 Å². The maximum absolute atomic E-state index is 11.9. The average molecular weight is 584 g/mol. The average Bonchev–Trinajstić information content (AvgIpc) is 3.51. The van der Waals surface area contributed by atoms with Gasteiger partial charge in [-0.3, -0.25) is 0 Å². The largest absolute Gasteiger partial charge is 0.491 e. The predicted molar refractivity (Wildman–Crippen MR) is 148 cm³/mol. The minimum absolute atomic E-state index is 0.0811. The number of rotatable bonds is 13. The van der Waals surface area contributed by atoms with Crippen LogP contribution in [0.25, 0.3) is 0 Å². The van der Waals surface area contributed by atoms with E-state index in [9.17, 15) is 8.42 Å². The van der Waals surface area contributed by atoms with E-state index in [-0.39, 0.29) is 24.4 Å². The van der Waals surface area contributed by atoms with Gasteiger partial charge in [-0.2, -0.15) is 0 Å². The molecule has 2 aromatic carbocycles. The topological polar surface area (TPSA) is 104 Å². The Balaban J connectivity index is 1.30. The number of anilines is 1. The van der Waals surface area contributed by atoms with E-state index in [2.05, 4.69) is 15.0 Å². The fraction of sp³-hybridized carbons (Fsp3) is 0.423. The van der Waals surface area contributed by atoms with Crippen LogP contribution in [-0.2, 0) is 31.8 Å². The van der Waals surface area contributed by atoms with Crippen molar-refractivity contribution < 1.29 is 22.6 Å². The number of ether oxygens (including phenoxy) is 3. The normalized spacial score (nSPS) is 19.7. The van der Waals surface area contributed by atoms with Crippen molar-refractivity contribution in [2.45, 2.75) is 32.3 Å². The Bertz CT molecular complexity index is 1290. The van der Waals surface area contributed by atoms with E-state index < -0.39 is 15.8 Å². The lowest BCUT2D eigenvalue weighted by atomic mass is 10.1. The fourth-order valence-electron chi connectivity index (χ4n) is 4.14. The molecule has 206 valence electrons. The van der Waals surface area contributed by atoms with Crippen LogP contribution in [0.15, 0.2) is 61.2 Å². The third kappa shape index (κ3) is 7.84. The maximum Gasteiger partial charge on any atom is 0.215 e. The highest BCUT2D eigenvalue weighted by molar-refractivity contribution is 7.89. The molecule has 0 aliphatic carbocycles. The molecule has 1 fully saturated rings. The summed E-state index contributed by atoms with van der Waals surface area (Å²) < 4.78 is 46.9. The third-order valence-corrected chi connectivity index (χ3v) is 8.07. The smallest absolute Gasteiger partial charge is 0.215 e. The van der Waals surface area contributed by atoms with Crippen molar-refractivity contribution in [1.82, 2.24) is 14.3 Å². The Kier molecular flexibility index (Phi) is 9.56. The zero-order chi connectivity index (χ0) is 27.2. The van der Waals surface area contributed by atoms with E-state index in [1.54, 1.807) is 24.7 Å². The summed E-state index contributed by atoms with van der Waals surface area (Å²) in [4.78, 5) is 4.11. The molecule has 2 heterocycles. The Labute approximate surface area is 233 Å². The number of hydrogen-bond donors (Lipinski definition) is 2. The van der Waals surface area contributed by atoms with Crippen LogP contribution >= 0.6 is 23.2 Å². The van der Waals surface area contributed by atoms with Gasteiger partial charge >= 0.3 is 0 Å². The lowest BCUT2D eigenvalue weighted by molar-refractivity contribution is -0.189. The molecule has 1 aliphatic rings.